The van der Waals surface area contributed by atoms with Gasteiger partial charge in [0, 0.05) is 25.0 Å². The third-order valence-corrected chi connectivity index (χ3v) is 13.3. The fourth-order valence-electron chi connectivity index (χ4n) is 5.51. The Kier molecular flexibility index (Phi) is 9.75. The summed E-state index contributed by atoms with van der Waals surface area (Å²) in [5.74, 6) is 0.694. The first-order valence-corrected chi connectivity index (χ1v) is 17.3. The predicted octanol–water partition coefficient (Wildman–Crippen LogP) is 7.25. The van der Waals surface area contributed by atoms with Crippen LogP contribution in [0.1, 0.15) is 93.4 Å². The number of epoxide rings is 1. The second-order valence-corrected chi connectivity index (χ2v) is 18.7. The third kappa shape index (κ3) is 9.49. The number of ether oxygens (including phenoxy) is 2. The summed E-state index contributed by atoms with van der Waals surface area (Å²) in [6.07, 6.45) is 17.9. The van der Waals surface area contributed by atoms with E-state index in [1.165, 1.54) is 5.57 Å². The fraction of sp³-hybridized carbons (Fsp3) is 0.774. The van der Waals surface area contributed by atoms with Gasteiger partial charge in [0.2, 0.25) is 5.91 Å². The van der Waals surface area contributed by atoms with Crippen molar-refractivity contribution in [3.8, 4) is 0 Å². The highest BCUT2D eigenvalue weighted by atomic mass is 28.4. The largest absolute Gasteiger partial charge is 0.411 e. The molecule has 3 rings (SSSR count). The SMILES string of the molecule is CC(/C=C/[C@@H]1C[C@]2(CO2)CC(C)(C)O1)=C\C[C@H]1CC[C@@H](NC(=O)/C=C\[C@H](C)O[Si](C)(C)C(C)(C)C)CC1. The fourth-order valence-corrected chi connectivity index (χ4v) is 6.87. The molecule has 2 saturated heterocycles. The van der Waals surface area contributed by atoms with Gasteiger partial charge in [0.15, 0.2) is 8.32 Å². The van der Waals surface area contributed by atoms with E-state index in [1.54, 1.807) is 6.08 Å². The van der Waals surface area contributed by atoms with Crippen LogP contribution in [0.3, 0.4) is 0 Å². The van der Waals surface area contributed by atoms with Crippen LogP contribution in [-0.4, -0.2) is 50.3 Å². The van der Waals surface area contributed by atoms with Crippen molar-refractivity contribution in [3.05, 3.63) is 36.0 Å². The monoisotopic (exact) mass is 531 g/mol. The normalized spacial score (nSPS) is 31.7. The van der Waals surface area contributed by atoms with Crippen LogP contribution in [0.2, 0.25) is 18.1 Å². The Balaban J connectivity index is 1.36. The van der Waals surface area contributed by atoms with Crippen LogP contribution in [0.15, 0.2) is 36.0 Å². The first-order valence-electron chi connectivity index (χ1n) is 14.4. The molecule has 0 radical (unpaired) electrons. The number of hydrogen-bond donors (Lipinski definition) is 1. The minimum absolute atomic E-state index is 0.00138. The van der Waals surface area contributed by atoms with Crippen molar-refractivity contribution in [1.82, 2.24) is 5.32 Å². The zero-order valence-electron chi connectivity index (χ0n) is 25.0. The molecule has 1 N–H and O–H groups in total. The molecular formula is C31H53NO4Si. The van der Waals surface area contributed by atoms with E-state index in [9.17, 15) is 4.79 Å². The zero-order valence-corrected chi connectivity index (χ0v) is 26.0. The molecule has 1 aliphatic carbocycles. The molecular weight excluding hydrogens is 478 g/mol. The van der Waals surface area contributed by atoms with Crippen molar-refractivity contribution in [2.45, 2.75) is 141 Å². The predicted molar refractivity (Wildman–Crippen MR) is 155 cm³/mol. The number of allylic oxidation sites excluding steroid dienone is 3. The Hall–Kier alpha value is -1.21. The number of rotatable bonds is 9. The van der Waals surface area contributed by atoms with E-state index >= 15 is 0 Å². The Labute approximate surface area is 227 Å². The van der Waals surface area contributed by atoms with E-state index in [1.807, 2.05) is 13.0 Å². The minimum atomic E-state index is -1.83. The average molecular weight is 532 g/mol. The van der Waals surface area contributed by atoms with Gasteiger partial charge in [0.25, 0.3) is 0 Å². The first-order chi connectivity index (χ1) is 17.1. The summed E-state index contributed by atoms with van der Waals surface area (Å²) < 4.78 is 18.3. The van der Waals surface area contributed by atoms with Crippen LogP contribution in [0.25, 0.3) is 0 Å². The van der Waals surface area contributed by atoms with Gasteiger partial charge >= 0.3 is 0 Å². The van der Waals surface area contributed by atoms with Gasteiger partial charge in [-0.2, -0.15) is 0 Å². The third-order valence-electron chi connectivity index (χ3n) is 8.69. The standard InChI is InChI=1S/C31H53NO4Si/c1-23(11-18-27-20-31(22-34-31)21-30(6,7)35-27)10-13-25-14-16-26(17-15-25)32-28(33)19-12-24(2)36-37(8,9)29(3,4)5/h10-12,18-19,24-27H,13-17,20-22H2,1-9H3,(H,32,33)/b18-11+,19-12-,23-10+/t24-,25-,26+,27+,31+/m0/s1. The molecule has 5 nitrogen and oxygen atoms in total. The molecule has 1 spiro atoms. The summed E-state index contributed by atoms with van der Waals surface area (Å²) in [5, 5.41) is 3.37. The molecule has 210 valence electrons. The van der Waals surface area contributed by atoms with Crippen molar-refractivity contribution in [2.24, 2.45) is 5.92 Å². The van der Waals surface area contributed by atoms with Gasteiger partial charge in [0.05, 0.1) is 30.0 Å². The highest BCUT2D eigenvalue weighted by Crippen LogP contribution is 2.46. The van der Waals surface area contributed by atoms with E-state index in [0.717, 1.165) is 51.6 Å². The van der Waals surface area contributed by atoms with Crippen LogP contribution < -0.4 is 5.32 Å². The van der Waals surface area contributed by atoms with Gasteiger partial charge in [-0.15, -0.1) is 0 Å². The van der Waals surface area contributed by atoms with Crippen LogP contribution in [0.4, 0.5) is 0 Å². The van der Waals surface area contributed by atoms with Gasteiger partial charge in [-0.3, -0.25) is 4.79 Å². The van der Waals surface area contributed by atoms with Gasteiger partial charge in [-0.05, 0) is 83.8 Å². The molecule has 0 aromatic heterocycles. The van der Waals surface area contributed by atoms with Crippen molar-refractivity contribution in [2.75, 3.05) is 6.61 Å². The second-order valence-electron chi connectivity index (χ2n) is 14.0. The van der Waals surface area contributed by atoms with Crippen LogP contribution in [-0.2, 0) is 18.7 Å². The lowest BCUT2D eigenvalue weighted by atomic mass is 9.83. The molecule has 1 saturated carbocycles. The molecule has 0 bridgehead atoms. The van der Waals surface area contributed by atoms with E-state index in [4.69, 9.17) is 13.9 Å². The van der Waals surface area contributed by atoms with Crippen molar-refractivity contribution >= 4 is 14.2 Å². The summed E-state index contributed by atoms with van der Waals surface area (Å²) in [6, 6.07) is 0.277. The molecule has 3 atom stereocenters. The molecule has 3 aliphatic rings. The summed E-state index contributed by atoms with van der Waals surface area (Å²) in [5.41, 5.74) is 1.24. The average Bonchev–Trinajstić information content (AvgIpc) is 3.51. The van der Waals surface area contributed by atoms with E-state index in [0.29, 0.717) is 5.92 Å². The number of hydrogen-bond acceptors (Lipinski definition) is 4. The van der Waals surface area contributed by atoms with Crippen LogP contribution in [0, 0.1) is 5.92 Å². The number of nitrogens with one attached hydrogen (secondary N) is 1. The van der Waals surface area contributed by atoms with Gasteiger partial charge in [-0.25, -0.2) is 0 Å². The lowest BCUT2D eigenvalue weighted by Gasteiger charge is -2.38. The molecule has 6 heteroatoms. The molecule has 2 aliphatic heterocycles. The second kappa shape index (κ2) is 11.9. The quantitative estimate of drug-likeness (QED) is 0.147. The summed E-state index contributed by atoms with van der Waals surface area (Å²) in [4.78, 5) is 12.5. The first kappa shape index (κ1) is 30.3. The highest BCUT2D eigenvalue weighted by molar-refractivity contribution is 6.74. The molecule has 2 heterocycles. The maximum Gasteiger partial charge on any atom is 0.243 e. The van der Waals surface area contributed by atoms with E-state index in [-0.39, 0.29) is 40.4 Å². The zero-order chi connectivity index (χ0) is 27.5. The van der Waals surface area contributed by atoms with Crippen molar-refractivity contribution in [1.29, 1.82) is 0 Å². The number of amides is 1. The van der Waals surface area contributed by atoms with E-state index in [2.05, 4.69) is 78.2 Å². The smallest absolute Gasteiger partial charge is 0.243 e. The molecule has 1 amide bonds. The summed E-state index contributed by atoms with van der Waals surface area (Å²) >= 11 is 0. The van der Waals surface area contributed by atoms with Crippen molar-refractivity contribution < 1.29 is 18.7 Å². The van der Waals surface area contributed by atoms with Crippen LogP contribution >= 0.6 is 0 Å². The van der Waals surface area contributed by atoms with Gasteiger partial charge < -0.3 is 19.2 Å². The topological polar surface area (TPSA) is 60.1 Å². The van der Waals surface area contributed by atoms with Gasteiger partial charge in [-0.1, -0.05) is 50.6 Å². The maximum absolute atomic E-state index is 12.5. The number of carbonyl (C=O) groups excluding carboxylic acids is 1. The number of carbonyl (C=O) groups is 1. The Morgan fingerprint density at radius 2 is 1.81 bits per heavy atom. The Morgan fingerprint density at radius 3 is 2.41 bits per heavy atom. The van der Waals surface area contributed by atoms with Gasteiger partial charge in [0.1, 0.15) is 0 Å². The lowest BCUT2D eigenvalue weighted by molar-refractivity contribution is -0.117. The molecule has 0 unspecified atom stereocenters. The molecule has 0 aromatic rings. The van der Waals surface area contributed by atoms with Crippen LogP contribution in [0.5, 0.6) is 0 Å². The maximum atomic E-state index is 12.5. The Bertz CT molecular complexity index is 864. The summed E-state index contributed by atoms with van der Waals surface area (Å²) in [6.45, 7) is 20.6. The minimum Gasteiger partial charge on any atom is -0.411 e. The van der Waals surface area contributed by atoms with E-state index < -0.39 is 8.32 Å². The summed E-state index contributed by atoms with van der Waals surface area (Å²) in [7, 11) is -1.83. The molecule has 0 aromatic carbocycles. The highest BCUT2D eigenvalue weighted by Gasteiger charge is 2.53. The lowest BCUT2D eigenvalue weighted by Crippen LogP contribution is -2.43. The molecule has 37 heavy (non-hydrogen) atoms. The molecule has 3 fully saturated rings. The van der Waals surface area contributed by atoms with Crippen molar-refractivity contribution in [3.63, 3.8) is 0 Å². The Morgan fingerprint density at radius 1 is 1.16 bits per heavy atom.